The molecule has 0 aromatic heterocycles. The maximum absolute atomic E-state index is 11.9. The van der Waals surface area contributed by atoms with Crippen molar-refractivity contribution in [1.82, 2.24) is 4.90 Å². The fourth-order valence-corrected chi connectivity index (χ4v) is 1.74. The Bertz CT molecular complexity index is 510. The van der Waals surface area contributed by atoms with Crippen molar-refractivity contribution in [3.8, 4) is 0 Å². The molecule has 1 rings (SSSR count). The second-order valence-corrected chi connectivity index (χ2v) is 5.00. The summed E-state index contributed by atoms with van der Waals surface area (Å²) >= 11 is 0. The van der Waals surface area contributed by atoms with Gasteiger partial charge in [0.25, 0.3) is 0 Å². The van der Waals surface area contributed by atoms with Gasteiger partial charge in [-0.05, 0) is 29.7 Å². The van der Waals surface area contributed by atoms with Crippen LogP contribution in [0.1, 0.15) is 19.4 Å². The SMILES string of the molecule is CC(C)CN(C)C(=O)Nc1cccc(/C=C/C(=O)O)c1. The number of hydrogen-bond donors (Lipinski definition) is 2. The Labute approximate surface area is 118 Å². The first kappa shape index (κ1) is 15.8. The Balaban J connectivity index is 2.71. The molecule has 108 valence electrons. The fraction of sp³-hybridized carbons (Fsp3) is 0.333. The molecule has 20 heavy (non-hydrogen) atoms. The molecule has 1 aromatic rings. The van der Waals surface area contributed by atoms with E-state index in [4.69, 9.17) is 5.11 Å². The third kappa shape index (κ3) is 5.56. The number of amides is 2. The first-order chi connectivity index (χ1) is 9.38. The van der Waals surface area contributed by atoms with E-state index in [1.54, 1.807) is 36.2 Å². The number of benzene rings is 1. The van der Waals surface area contributed by atoms with Crippen molar-refractivity contribution < 1.29 is 14.7 Å². The molecule has 0 saturated carbocycles. The molecule has 0 aliphatic heterocycles. The minimum atomic E-state index is -1.00. The average molecular weight is 276 g/mol. The van der Waals surface area contributed by atoms with Crippen LogP contribution in [-0.4, -0.2) is 35.6 Å². The van der Waals surface area contributed by atoms with Gasteiger partial charge in [0, 0.05) is 25.4 Å². The van der Waals surface area contributed by atoms with Gasteiger partial charge in [0.15, 0.2) is 0 Å². The van der Waals surface area contributed by atoms with E-state index in [0.29, 0.717) is 18.2 Å². The molecule has 0 spiro atoms. The highest BCUT2D eigenvalue weighted by Gasteiger charge is 2.10. The number of hydrogen-bond acceptors (Lipinski definition) is 2. The van der Waals surface area contributed by atoms with Gasteiger partial charge >= 0.3 is 12.0 Å². The lowest BCUT2D eigenvalue weighted by atomic mass is 10.2. The van der Waals surface area contributed by atoms with Crippen LogP contribution in [0, 0.1) is 5.92 Å². The van der Waals surface area contributed by atoms with Crippen LogP contribution in [0.4, 0.5) is 10.5 Å². The van der Waals surface area contributed by atoms with Gasteiger partial charge in [-0.1, -0.05) is 26.0 Å². The van der Waals surface area contributed by atoms with Crippen LogP contribution < -0.4 is 5.32 Å². The minimum Gasteiger partial charge on any atom is -0.478 e. The molecule has 0 radical (unpaired) electrons. The van der Waals surface area contributed by atoms with Crippen LogP contribution in [0.2, 0.25) is 0 Å². The van der Waals surface area contributed by atoms with Crippen molar-refractivity contribution in [1.29, 1.82) is 0 Å². The van der Waals surface area contributed by atoms with Gasteiger partial charge in [0.05, 0.1) is 0 Å². The number of carboxylic acids is 1. The molecule has 2 N–H and O–H groups in total. The van der Waals surface area contributed by atoms with Gasteiger partial charge < -0.3 is 15.3 Å². The van der Waals surface area contributed by atoms with Crippen molar-refractivity contribution in [3.05, 3.63) is 35.9 Å². The van der Waals surface area contributed by atoms with Crippen LogP contribution >= 0.6 is 0 Å². The van der Waals surface area contributed by atoms with Crippen LogP contribution in [0.3, 0.4) is 0 Å². The summed E-state index contributed by atoms with van der Waals surface area (Å²) in [6.45, 7) is 4.76. The zero-order chi connectivity index (χ0) is 15.1. The number of carbonyl (C=O) groups excluding carboxylic acids is 1. The predicted octanol–water partition coefficient (Wildman–Crippen LogP) is 2.90. The molecule has 2 amide bonds. The number of carbonyl (C=O) groups is 2. The average Bonchev–Trinajstić information content (AvgIpc) is 2.36. The second-order valence-electron chi connectivity index (χ2n) is 5.00. The maximum Gasteiger partial charge on any atom is 0.328 e. The van der Waals surface area contributed by atoms with Crippen LogP contribution in [0.15, 0.2) is 30.3 Å². The molecule has 0 fully saturated rings. The van der Waals surface area contributed by atoms with Crippen molar-refractivity contribution in [2.75, 3.05) is 18.9 Å². The third-order valence-electron chi connectivity index (χ3n) is 2.54. The Morgan fingerprint density at radius 3 is 2.70 bits per heavy atom. The molecule has 0 aliphatic rings. The molecule has 0 heterocycles. The van der Waals surface area contributed by atoms with Gasteiger partial charge in [0.2, 0.25) is 0 Å². The normalized spacial score (nSPS) is 10.8. The highest BCUT2D eigenvalue weighted by atomic mass is 16.4. The molecule has 0 saturated heterocycles. The Kier molecular flexibility index (Phi) is 5.77. The van der Waals surface area contributed by atoms with E-state index in [2.05, 4.69) is 5.32 Å². The highest BCUT2D eigenvalue weighted by molar-refractivity contribution is 5.90. The lowest BCUT2D eigenvalue weighted by Crippen LogP contribution is -2.34. The quantitative estimate of drug-likeness (QED) is 0.812. The zero-order valence-corrected chi connectivity index (χ0v) is 12.0. The van der Waals surface area contributed by atoms with E-state index in [1.807, 2.05) is 13.8 Å². The zero-order valence-electron chi connectivity index (χ0n) is 12.0. The van der Waals surface area contributed by atoms with E-state index in [0.717, 1.165) is 11.6 Å². The standard InChI is InChI=1S/C15H20N2O3/c1-11(2)10-17(3)15(20)16-13-6-4-5-12(9-13)7-8-14(18)19/h4-9,11H,10H2,1-3H3,(H,16,20)(H,18,19)/b8-7+. The highest BCUT2D eigenvalue weighted by Crippen LogP contribution is 2.13. The third-order valence-corrected chi connectivity index (χ3v) is 2.54. The smallest absolute Gasteiger partial charge is 0.328 e. The fourth-order valence-electron chi connectivity index (χ4n) is 1.74. The number of nitrogens with one attached hydrogen (secondary N) is 1. The summed E-state index contributed by atoms with van der Waals surface area (Å²) in [4.78, 5) is 24.0. The maximum atomic E-state index is 11.9. The van der Waals surface area contributed by atoms with E-state index >= 15 is 0 Å². The molecular formula is C15H20N2O3. The predicted molar refractivity (Wildman–Crippen MR) is 79.6 cm³/mol. The number of carboxylic acid groups (broad SMARTS) is 1. The Morgan fingerprint density at radius 2 is 2.10 bits per heavy atom. The van der Waals surface area contributed by atoms with E-state index < -0.39 is 5.97 Å². The first-order valence-electron chi connectivity index (χ1n) is 6.41. The van der Waals surface area contributed by atoms with Gasteiger partial charge in [-0.3, -0.25) is 0 Å². The Hall–Kier alpha value is -2.30. The van der Waals surface area contributed by atoms with E-state index in [-0.39, 0.29) is 6.03 Å². The van der Waals surface area contributed by atoms with Crippen molar-refractivity contribution in [3.63, 3.8) is 0 Å². The number of anilines is 1. The second kappa shape index (κ2) is 7.33. The summed E-state index contributed by atoms with van der Waals surface area (Å²) < 4.78 is 0. The van der Waals surface area contributed by atoms with Crippen LogP contribution in [-0.2, 0) is 4.79 Å². The summed E-state index contributed by atoms with van der Waals surface area (Å²) in [5.41, 5.74) is 1.36. The minimum absolute atomic E-state index is 0.182. The molecule has 0 aliphatic carbocycles. The summed E-state index contributed by atoms with van der Waals surface area (Å²) in [5, 5.41) is 11.4. The van der Waals surface area contributed by atoms with Gasteiger partial charge in [-0.2, -0.15) is 0 Å². The number of nitrogens with zero attached hydrogens (tertiary/aromatic N) is 1. The monoisotopic (exact) mass is 276 g/mol. The van der Waals surface area contributed by atoms with E-state index in [1.165, 1.54) is 6.08 Å². The summed E-state index contributed by atoms with van der Waals surface area (Å²) in [7, 11) is 1.74. The number of aliphatic carboxylic acids is 1. The number of rotatable bonds is 5. The van der Waals surface area contributed by atoms with Crippen molar-refractivity contribution in [2.45, 2.75) is 13.8 Å². The molecular weight excluding hydrogens is 256 g/mol. The topological polar surface area (TPSA) is 69.6 Å². The lowest BCUT2D eigenvalue weighted by Gasteiger charge is -2.20. The Morgan fingerprint density at radius 1 is 1.40 bits per heavy atom. The molecule has 1 aromatic carbocycles. The molecule has 0 atom stereocenters. The van der Waals surface area contributed by atoms with Crippen molar-refractivity contribution >= 4 is 23.8 Å². The molecule has 0 unspecified atom stereocenters. The first-order valence-corrected chi connectivity index (χ1v) is 6.41. The van der Waals surface area contributed by atoms with Gasteiger partial charge in [0.1, 0.15) is 0 Å². The van der Waals surface area contributed by atoms with Crippen LogP contribution in [0.25, 0.3) is 6.08 Å². The molecule has 5 nitrogen and oxygen atoms in total. The summed E-state index contributed by atoms with van der Waals surface area (Å²) in [5.74, 6) is -0.605. The lowest BCUT2D eigenvalue weighted by molar-refractivity contribution is -0.131. The molecule has 0 bridgehead atoms. The van der Waals surface area contributed by atoms with E-state index in [9.17, 15) is 9.59 Å². The van der Waals surface area contributed by atoms with Crippen LogP contribution in [0.5, 0.6) is 0 Å². The van der Waals surface area contributed by atoms with Gasteiger partial charge in [-0.15, -0.1) is 0 Å². The largest absolute Gasteiger partial charge is 0.478 e. The summed E-state index contributed by atoms with van der Waals surface area (Å²) in [6.07, 6.45) is 2.54. The number of urea groups is 1. The van der Waals surface area contributed by atoms with Gasteiger partial charge in [-0.25, -0.2) is 9.59 Å². The summed E-state index contributed by atoms with van der Waals surface area (Å²) in [6, 6.07) is 6.84. The molecule has 5 heteroatoms. The van der Waals surface area contributed by atoms with Crippen molar-refractivity contribution in [2.24, 2.45) is 5.92 Å².